The number of hydrogen-bond acceptors (Lipinski definition) is 6. The van der Waals surface area contributed by atoms with Crippen LogP contribution in [0.1, 0.15) is 20.4 Å². The standard InChI is InChI=1S/C11H14N4O4S2/c1-7-10(11(16)17)20-9(14-7)3-4-13-21(18,19)8-5-12-15(2)6-8/h5-6,13H,3-4H2,1-2H3,(H,16,17). The van der Waals surface area contributed by atoms with Gasteiger partial charge in [-0.15, -0.1) is 11.3 Å². The molecule has 0 fully saturated rings. The van der Waals surface area contributed by atoms with Crippen molar-refractivity contribution in [2.45, 2.75) is 18.2 Å². The summed E-state index contributed by atoms with van der Waals surface area (Å²) in [6.07, 6.45) is 3.00. The molecule has 2 rings (SSSR count). The summed E-state index contributed by atoms with van der Waals surface area (Å²) >= 11 is 1.06. The number of rotatable bonds is 6. The highest BCUT2D eigenvalue weighted by Crippen LogP contribution is 2.18. The molecule has 0 aliphatic carbocycles. The van der Waals surface area contributed by atoms with Gasteiger partial charge >= 0.3 is 5.97 Å². The zero-order chi connectivity index (χ0) is 15.6. The average Bonchev–Trinajstić information content (AvgIpc) is 2.96. The van der Waals surface area contributed by atoms with Crippen LogP contribution in [0.25, 0.3) is 0 Å². The Morgan fingerprint density at radius 2 is 2.24 bits per heavy atom. The summed E-state index contributed by atoms with van der Waals surface area (Å²) in [6.45, 7) is 1.76. The van der Waals surface area contributed by atoms with Crippen molar-refractivity contribution in [2.24, 2.45) is 7.05 Å². The molecule has 8 nitrogen and oxygen atoms in total. The molecule has 10 heteroatoms. The summed E-state index contributed by atoms with van der Waals surface area (Å²) in [5.74, 6) is -1.02. The highest BCUT2D eigenvalue weighted by molar-refractivity contribution is 7.89. The number of aromatic nitrogens is 3. The van der Waals surface area contributed by atoms with Gasteiger partial charge in [0.25, 0.3) is 0 Å². The highest BCUT2D eigenvalue weighted by atomic mass is 32.2. The van der Waals surface area contributed by atoms with Crippen LogP contribution in [0, 0.1) is 6.92 Å². The summed E-state index contributed by atoms with van der Waals surface area (Å²) < 4.78 is 27.7. The van der Waals surface area contributed by atoms with Crippen LogP contribution in [0.2, 0.25) is 0 Å². The number of carboxylic acid groups (broad SMARTS) is 1. The fourth-order valence-electron chi connectivity index (χ4n) is 1.67. The van der Waals surface area contributed by atoms with E-state index in [0.717, 1.165) is 11.3 Å². The molecule has 0 saturated carbocycles. The fourth-order valence-corrected chi connectivity index (χ4v) is 3.59. The van der Waals surface area contributed by atoms with Gasteiger partial charge in [-0.25, -0.2) is 22.9 Å². The minimum atomic E-state index is -3.60. The molecule has 0 spiro atoms. The number of nitrogens with zero attached hydrogens (tertiary/aromatic N) is 3. The van der Waals surface area contributed by atoms with E-state index < -0.39 is 16.0 Å². The van der Waals surface area contributed by atoms with E-state index in [1.54, 1.807) is 14.0 Å². The molecular weight excluding hydrogens is 316 g/mol. The Labute approximate surface area is 125 Å². The number of hydrogen-bond donors (Lipinski definition) is 2. The minimum absolute atomic E-state index is 0.0894. The molecule has 2 heterocycles. The third-order valence-corrected chi connectivity index (χ3v) is 5.28. The van der Waals surface area contributed by atoms with Crippen LogP contribution in [0.15, 0.2) is 17.3 Å². The Balaban J connectivity index is 1.98. The zero-order valence-corrected chi connectivity index (χ0v) is 13.0. The van der Waals surface area contributed by atoms with Gasteiger partial charge in [0.1, 0.15) is 9.77 Å². The number of carbonyl (C=O) groups is 1. The van der Waals surface area contributed by atoms with Crippen molar-refractivity contribution in [3.05, 3.63) is 28.0 Å². The molecule has 21 heavy (non-hydrogen) atoms. The van der Waals surface area contributed by atoms with Crippen LogP contribution < -0.4 is 4.72 Å². The predicted octanol–water partition coefficient (Wildman–Crippen LogP) is 0.404. The van der Waals surface area contributed by atoms with Crippen molar-refractivity contribution in [1.82, 2.24) is 19.5 Å². The Hall–Kier alpha value is -1.78. The number of aryl methyl sites for hydroxylation is 2. The Morgan fingerprint density at radius 1 is 1.52 bits per heavy atom. The quantitative estimate of drug-likeness (QED) is 0.792. The van der Waals surface area contributed by atoms with E-state index in [4.69, 9.17) is 5.11 Å². The molecule has 0 radical (unpaired) electrons. The van der Waals surface area contributed by atoms with Crippen molar-refractivity contribution in [3.8, 4) is 0 Å². The lowest BCUT2D eigenvalue weighted by atomic mass is 10.4. The second-order valence-corrected chi connectivity index (χ2v) is 7.18. The molecule has 0 amide bonds. The number of carboxylic acids is 1. The van der Waals surface area contributed by atoms with Crippen LogP contribution in [-0.2, 0) is 23.5 Å². The van der Waals surface area contributed by atoms with Crippen LogP contribution in [-0.4, -0.2) is 40.8 Å². The number of sulfonamides is 1. The summed E-state index contributed by atoms with van der Waals surface area (Å²) in [7, 11) is -1.97. The van der Waals surface area contributed by atoms with Crippen LogP contribution >= 0.6 is 11.3 Å². The molecule has 0 saturated heterocycles. The first kappa shape index (κ1) is 15.6. The molecule has 0 bridgehead atoms. The lowest BCUT2D eigenvalue weighted by Gasteiger charge is -2.02. The third-order valence-electron chi connectivity index (χ3n) is 2.66. The largest absolute Gasteiger partial charge is 0.477 e. The van der Waals surface area contributed by atoms with Gasteiger partial charge in [0.05, 0.1) is 16.9 Å². The van der Waals surface area contributed by atoms with Crippen LogP contribution in [0.4, 0.5) is 0 Å². The van der Waals surface area contributed by atoms with E-state index in [1.807, 2.05) is 0 Å². The average molecular weight is 330 g/mol. The first-order valence-electron chi connectivity index (χ1n) is 5.97. The molecule has 0 aliphatic heterocycles. The van der Waals surface area contributed by atoms with Gasteiger partial charge in [0.2, 0.25) is 10.0 Å². The van der Waals surface area contributed by atoms with Crippen molar-refractivity contribution in [3.63, 3.8) is 0 Å². The smallest absolute Gasteiger partial charge is 0.347 e. The molecular formula is C11H14N4O4S2. The van der Waals surface area contributed by atoms with Crippen LogP contribution in [0.3, 0.4) is 0 Å². The van der Waals surface area contributed by atoms with Crippen LogP contribution in [0.5, 0.6) is 0 Å². The molecule has 0 unspecified atom stereocenters. The van der Waals surface area contributed by atoms with Gasteiger partial charge in [0.15, 0.2) is 0 Å². The number of thiazole rings is 1. The van der Waals surface area contributed by atoms with Crippen molar-refractivity contribution < 1.29 is 18.3 Å². The molecule has 2 aromatic heterocycles. The first-order valence-corrected chi connectivity index (χ1v) is 8.27. The summed E-state index contributed by atoms with van der Waals surface area (Å²) in [6, 6.07) is 0. The molecule has 2 N–H and O–H groups in total. The molecule has 114 valence electrons. The van der Waals surface area contributed by atoms with Gasteiger partial charge in [0, 0.05) is 26.2 Å². The predicted molar refractivity (Wildman–Crippen MR) is 75.9 cm³/mol. The third kappa shape index (κ3) is 3.65. The summed E-state index contributed by atoms with van der Waals surface area (Å²) in [5.41, 5.74) is 0.442. The second kappa shape index (κ2) is 5.92. The van der Waals surface area contributed by atoms with E-state index in [0.29, 0.717) is 17.1 Å². The maximum atomic E-state index is 11.9. The first-order chi connectivity index (χ1) is 9.79. The van der Waals surface area contributed by atoms with E-state index in [9.17, 15) is 13.2 Å². The highest BCUT2D eigenvalue weighted by Gasteiger charge is 2.17. The monoisotopic (exact) mass is 330 g/mol. The van der Waals surface area contributed by atoms with Crippen molar-refractivity contribution in [2.75, 3.05) is 6.54 Å². The lowest BCUT2D eigenvalue weighted by Crippen LogP contribution is -2.25. The maximum absolute atomic E-state index is 11.9. The van der Waals surface area contributed by atoms with Crippen molar-refractivity contribution >= 4 is 27.3 Å². The maximum Gasteiger partial charge on any atom is 0.347 e. The SMILES string of the molecule is Cc1nc(CCNS(=O)(=O)c2cnn(C)c2)sc1C(=O)O. The van der Waals surface area contributed by atoms with Crippen molar-refractivity contribution in [1.29, 1.82) is 0 Å². The van der Waals surface area contributed by atoms with E-state index in [-0.39, 0.29) is 16.3 Å². The van der Waals surface area contributed by atoms with E-state index in [2.05, 4.69) is 14.8 Å². The molecule has 0 atom stereocenters. The van der Waals surface area contributed by atoms with E-state index >= 15 is 0 Å². The summed E-state index contributed by atoms with van der Waals surface area (Å²) in [4.78, 5) is 15.3. The fraction of sp³-hybridized carbons (Fsp3) is 0.364. The normalized spacial score (nSPS) is 11.7. The van der Waals surface area contributed by atoms with E-state index in [1.165, 1.54) is 17.1 Å². The molecule has 0 aromatic carbocycles. The Morgan fingerprint density at radius 3 is 2.76 bits per heavy atom. The second-order valence-electron chi connectivity index (χ2n) is 4.32. The Kier molecular flexibility index (Phi) is 4.40. The van der Waals surface area contributed by atoms with Gasteiger partial charge in [-0.3, -0.25) is 4.68 Å². The van der Waals surface area contributed by atoms with Gasteiger partial charge in [-0.05, 0) is 6.92 Å². The minimum Gasteiger partial charge on any atom is -0.477 e. The number of nitrogens with one attached hydrogen (secondary N) is 1. The zero-order valence-electron chi connectivity index (χ0n) is 11.4. The molecule has 2 aromatic rings. The summed E-state index contributed by atoms with van der Waals surface area (Å²) in [5, 5.41) is 13.3. The van der Waals surface area contributed by atoms with Gasteiger partial charge in [-0.2, -0.15) is 5.10 Å². The van der Waals surface area contributed by atoms with Gasteiger partial charge < -0.3 is 5.11 Å². The van der Waals surface area contributed by atoms with Gasteiger partial charge in [-0.1, -0.05) is 0 Å². The lowest BCUT2D eigenvalue weighted by molar-refractivity contribution is 0.0701. The molecule has 0 aliphatic rings. The number of aromatic carboxylic acids is 1. The Bertz CT molecular complexity index is 763. The topological polar surface area (TPSA) is 114 Å².